The van der Waals surface area contributed by atoms with Gasteiger partial charge in [0.1, 0.15) is 0 Å². The lowest BCUT2D eigenvalue weighted by Gasteiger charge is -2.27. The van der Waals surface area contributed by atoms with Crippen LogP contribution in [0.15, 0.2) is 0 Å². The van der Waals surface area contributed by atoms with Crippen LogP contribution in [0.4, 0.5) is 0 Å². The van der Waals surface area contributed by atoms with E-state index in [4.69, 9.17) is 5.26 Å². The monoisotopic (exact) mass is 203 g/mol. The van der Waals surface area contributed by atoms with Gasteiger partial charge in [-0.05, 0) is 25.6 Å². The van der Waals surface area contributed by atoms with Gasteiger partial charge in [0.2, 0.25) is 0 Å². The Bertz CT molecular complexity index is 340. The summed E-state index contributed by atoms with van der Waals surface area (Å²) in [5.74, 6) is 4.93. The molecule has 0 unspecified atom stereocenters. The minimum atomic E-state index is -1.75. The maximum absolute atomic E-state index is 11.8. The van der Waals surface area contributed by atoms with Crippen molar-refractivity contribution in [3.05, 3.63) is 0 Å². The molecule has 0 aromatic rings. The molecule has 0 N–H and O–H groups in total. The highest BCUT2D eigenvalue weighted by Gasteiger charge is 2.31. The average molecular weight is 203 g/mol. The Hall–Kier alpha value is -0.270. The third kappa shape index (κ3) is 1.90. The minimum absolute atomic E-state index is 0.239. The molecule has 1 heterocycles. The second-order valence-electron chi connectivity index (χ2n) is 3.44. The Morgan fingerprint density at radius 1 is 1.58 bits per heavy atom. The van der Waals surface area contributed by atoms with Crippen molar-refractivity contribution in [1.82, 2.24) is 0 Å². The summed E-state index contributed by atoms with van der Waals surface area (Å²) in [7, 11) is -0.527. The summed E-state index contributed by atoms with van der Waals surface area (Å²) < 4.78 is 11.8. The normalized spacial score (nSPS) is 41.7. The van der Waals surface area contributed by atoms with Gasteiger partial charge in [0.15, 0.2) is 0 Å². The van der Waals surface area contributed by atoms with E-state index in [0.29, 0.717) is 11.5 Å². The van der Waals surface area contributed by atoms with Crippen LogP contribution in [0.25, 0.3) is 0 Å². The Morgan fingerprint density at radius 2 is 2.08 bits per heavy atom. The first-order chi connectivity index (χ1) is 5.54. The largest absolute Gasteiger partial charge is 0.258 e. The van der Waals surface area contributed by atoms with Crippen LogP contribution in [0.3, 0.4) is 0 Å². The quantitative estimate of drug-likeness (QED) is 0.552. The van der Waals surface area contributed by atoms with E-state index in [2.05, 4.69) is 11.9 Å². The Labute approximate surface area is 76.8 Å². The van der Waals surface area contributed by atoms with Crippen LogP contribution in [0, 0.1) is 16.7 Å². The number of hydrogen-bond donors (Lipinski definition) is 0. The fourth-order valence-electron chi connectivity index (χ4n) is 1.22. The van der Waals surface area contributed by atoms with E-state index in [1.54, 1.807) is 0 Å². The van der Waals surface area contributed by atoms with Crippen molar-refractivity contribution < 1.29 is 4.21 Å². The van der Waals surface area contributed by atoms with Crippen molar-refractivity contribution in [2.45, 2.75) is 19.8 Å². The highest BCUT2D eigenvalue weighted by molar-refractivity contribution is 8.38. The highest BCUT2D eigenvalue weighted by Crippen LogP contribution is 2.30. The summed E-state index contributed by atoms with van der Waals surface area (Å²) in [6.07, 6.45) is 1.51. The zero-order chi connectivity index (χ0) is 9.24. The summed E-state index contributed by atoms with van der Waals surface area (Å²) in [4.78, 5) is 0. The molecule has 1 aliphatic heterocycles. The molecule has 12 heavy (non-hydrogen) atoms. The fourth-order valence-corrected chi connectivity index (χ4v) is 4.39. The molecule has 0 radical (unpaired) electrons. The van der Waals surface area contributed by atoms with Crippen LogP contribution in [0.5, 0.6) is 0 Å². The van der Waals surface area contributed by atoms with Gasteiger partial charge in [0.05, 0.1) is 11.5 Å². The molecule has 0 atom stereocenters. The molecule has 0 amide bonds. The molecule has 2 nitrogen and oxygen atoms in total. The van der Waals surface area contributed by atoms with Gasteiger partial charge in [-0.3, -0.25) is 4.21 Å². The summed E-state index contributed by atoms with van der Waals surface area (Å²) in [5.41, 5.74) is -0.239. The Morgan fingerprint density at radius 3 is 2.42 bits per heavy atom. The van der Waals surface area contributed by atoms with E-state index >= 15 is 0 Å². The molecule has 1 rings (SSSR count). The average Bonchev–Trinajstić information content (AvgIpc) is 2.11. The van der Waals surface area contributed by atoms with Gasteiger partial charge in [-0.25, -0.2) is 0 Å². The number of rotatable bonds is 0. The zero-order valence-electron chi connectivity index (χ0n) is 7.21. The lowest BCUT2D eigenvalue weighted by atomic mass is 9.86. The van der Waals surface area contributed by atoms with Gasteiger partial charge < -0.3 is 0 Å². The number of nitriles is 1. The van der Waals surface area contributed by atoms with Crippen molar-refractivity contribution in [3.8, 4) is 6.07 Å². The molecule has 0 aromatic carbocycles. The highest BCUT2D eigenvalue weighted by atomic mass is 32.9. The SMILES string of the molecule is C=S=S1(=O)CCC(C)(C#N)CC1. The van der Waals surface area contributed by atoms with Crippen LogP contribution in [-0.4, -0.2) is 21.6 Å². The summed E-state index contributed by atoms with van der Waals surface area (Å²) >= 11 is 0. The molecule has 0 bridgehead atoms. The molecular formula is C8H13NOS2. The topological polar surface area (TPSA) is 40.9 Å². The number of hydrogen-bond acceptors (Lipinski definition) is 2. The van der Waals surface area contributed by atoms with Gasteiger partial charge in [0, 0.05) is 20.0 Å². The van der Waals surface area contributed by atoms with Crippen molar-refractivity contribution in [2.75, 3.05) is 11.5 Å². The fraction of sp³-hybridized carbons (Fsp3) is 0.750. The molecule has 68 valence electrons. The standard InChI is InChI=1S/C8H13NOS2/c1-8(7-9)3-5-12(10,11-2)6-4-8/h2-6H2,1H3. The smallest absolute Gasteiger partial charge is 0.0687 e. The van der Waals surface area contributed by atoms with Crippen LogP contribution in [0.2, 0.25) is 0 Å². The van der Waals surface area contributed by atoms with Gasteiger partial charge >= 0.3 is 0 Å². The van der Waals surface area contributed by atoms with Crippen LogP contribution < -0.4 is 0 Å². The molecule has 0 spiro atoms. The van der Waals surface area contributed by atoms with Gasteiger partial charge in [-0.1, -0.05) is 0 Å². The van der Waals surface area contributed by atoms with E-state index < -0.39 is 8.49 Å². The van der Waals surface area contributed by atoms with E-state index in [0.717, 1.165) is 12.8 Å². The molecule has 0 aromatic heterocycles. The van der Waals surface area contributed by atoms with Crippen molar-refractivity contribution in [1.29, 1.82) is 5.26 Å². The molecule has 0 saturated carbocycles. The molecule has 1 saturated heterocycles. The lowest BCUT2D eigenvalue weighted by molar-refractivity contribution is 0.401. The zero-order valence-corrected chi connectivity index (χ0v) is 8.84. The third-order valence-electron chi connectivity index (χ3n) is 2.41. The van der Waals surface area contributed by atoms with Crippen molar-refractivity contribution in [2.24, 2.45) is 5.41 Å². The van der Waals surface area contributed by atoms with Gasteiger partial charge in [-0.15, -0.1) is 9.91 Å². The van der Waals surface area contributed by atoms with Gasteiger partial charge in [-0.2, -0.15) is 5.26 Å². The first-order valence-corrected chi connectivity index (χ1v) is 7.28. The van der Waals surface area contributed by atoms with Crippen molar-refractivity contribution >= 4 is 24.3 Å². The van der Waals surface area contributed by atoms with Crippen LogP contribution >= 0.6 is 0 Å². The summed E-state index contributed by atoms with van der Waals surface area (Å²) in [5, 5.41) is 8.83. The van der Waals surface area contributed by atoms with E-state index in [-0.39, 0.29) is 5.41 Å². The van der Waals surface area contributed by atoms with Crippen molar-refractivity contribution in [3.63, 3.8) is 0 Å². The molecular weight excluding hydrogens is 190 g/mol. The first kappa shape index (κ1) is 9.82. The summed E-state index contributed by atoms with van der Waals surface area (Å²) in [6, 6.07) is 2.29. The second-order valence-corrected chi connectivity index (χ2v) is 8.51. The van der Waals surface area contributed by atoms with E-state index in [1.807, 2.05) is 6.92 Å². The lowest BCUT2D eigenvalue weighted by Crippen LogP contribution is -2.29. The Kier molecular flexibility index (Phi) is 2.64. The molecule has 1 fully saturated rings. The Balaban J connectivity index is 2.83. The maximum atomic E-state index is 11.8. The van der Waals surface area contributed by atoms with Crippen LogP contribution in [-0.2, 0) is 18.4 Å². The molecule has 0 aliphatic carbocycles. The molecule has 4 heteroatoms. The minimum Gasteiger partial charge on any atom is -0.258 e. The molecule has 1 aliphatic rings. The number of nitrogens with zero attached hydrogens (tertiary/aromatic N) is 1. The summed E-state index contributed by atoms with van der Waals surface area (Å²) in [6.45, 7) is 1.94. The van der Waals surface area contributed by atoms with E-state index in [9.17, 15) is 4.21 Å². The second kappa shape index (κ2) is 3.23. The third-order valence-corrected chi connectivity index (χ3v) is 6.78. The predicted molar refractivity (Wildman–Crippen MR) is 55.3 cm³/mol. The maximum Gasteiger partial charge on any atom is 0.0687 e. The van der Waals surface area contributed by atoms with Gasteiger partial charge in [0.25, 0.3) is 0 Å². The first-order valence-electron chi connectivity index (χ1n) is 3.88. The van der Waals surface area contributed by atoms with Crippen LogP contribution in [0.1, 0.15) is 19.8 Å². The predicted octanol–water partition coefficient (Wildman–Crippen LogP) is 1.02. The van der Waals surface area contributed by atoms with E-state index in [1.165, 1.54) is 9.91 Å².